The number of para-hydroxylation sites is 1. The fourth-order valence-corrected chi connectivity index (χ4v) is 5.36. The first-order valence-electron chi connectivity index (χ1n) is 9.71. The topological polar surface area (TPSA) is 85.6 Å². The summed E-state index contributed by atoms with van der Waals surface area (Å²) in [5.74, 6) is -0.674. The third-order valence-corrected chi connectivity index (χ3v) is 7.40. The Labute approximate surface area is 187 Å². The minimum absolute atomic E-state index is 0.218. The van der Waals surface area contributed by atoms with Crippen LogP contribution in [0.3, 0.4) is 0 Å². The van der Waals surface area contributed by atoms with Crippen molar-refractivity contribution in [3.05, 3.63) is 51.9 Å². The summed E-state index contributed by atoms with van der Waals surface area (Å²) in [6.07, 6.45) is 0. The number of anilines is 1. The van der Waals surface area contributed by atoms with Crippen molar-refractivity contribution in [2.24, 2.45) is 0 Å². The quantitative estimate of drug-likeness (QED) is 0.345. The van der Waals surface area contributed by atoms with Crippen LogP contribution in [0.25, 0.3) is 16.6 Å². The average Bonchev–Trinajstić information content (AvgIpc) is 3.27. The van der Waals surface area contributed by atoms with E-state index >= 15 is 0 Å². The Morgan fingerprint density at radius 2 is 1.94 bits per heavy atom. The second kappa shape index (κ2) is 8.32. The van der Waals surface area contributed by atoms with Gasteiger partial charge in [0, 0.05) is 10.3 Å². The van der Waals surface area contributed by atoms with Crippen LogP contribution in [-0.2, 0) is 9.53 Å². The van der Waals surface area contributed by atoms with Crippen LogP contribution >= 0.6 is 23.1 Å². The van der Waals surface area contributed by atoms with Crippen LogP contribution in [0, 0.1) is 20.8 Å². The highest BCUT2D eigenvalue weighted by molar-refractivity contribution is 8.00. The van der Waals surface area contributed by atoms with Gasteiger partial charge >= 0.3 is 5.97 Å². The number of fused-ring (bicyclic) bond motifs is 3. The van der Waals surface area contributed by atoms with Gasteiger partial charge in [-0.15, -0.1) is 21.5 Å². The summed E-state index contributed by atoms with van der Waals surface area (Å²) in [6.45, 7) is 7.61. The molecule has 1 aromatic carbocycles. The molecule has 0 saturated heterocycles. The molecule has 0 spiro atoms. The molecule has 0 aliphatic rings. The number of aryl methyl sites for hydroxylation is 2. The highest BCUT2D eigenvalue weighted by atomic mass is 32.2. The fraction of sp³-hybridized carbons (Fsp3) is 0.273. The molecule has 160 valence electrons. The van der Waals surface area contributed by atoms with Crippen molar-refractivity contribution in [1.82, 2.24) is 14.6 Å². The Hall–Kier alpha value is -2.91. The van der Waals surface area contributed by atoms with Gasteiger partial charge in [0.1, 0.15) is 5.00 Å². The van der Waals surface area contributed by atoms with E-state index in [0.717, 1.165) is 32.6 Å². The fourth-order valence-electron chi connectivity index (χ4n) is 3.44. The average molecular weight is 455 g/mol. The molecule has 1 amide bonds. The van der Waals surface area contributed by atoms with Crippen molar-refractivity contribution in [2.45, 2.75) is 38.1 Å². The maximum Gasteiger partial charge on any atom is 0.341 e. The zero-order chi connectivity index (χ0) is 22.3. The number of thioether (sulfide) groups is 1. The van der Waals surface area contributed by atoms with Crippen molar-refractivity contribution in [3.63, 3.8) is 0 Å². The third-order valence-electron chi connectivity index (χ3n) is 5.24. The number of esters is 1. The molecule has 3 aromatic heterocycles. The maximum absolute atomic E-state index is 12.9. The molecule has 4 rings (SSSR count). The molecule has 0 aliphatic carbocycles. The van der Waals surface area contributed by atoms with Crippen LogP contribution in [0.5, 0.6) is 0 Å². The van der Waals surface area contributed by atoms with E-state index in [1.165, 1.54) is 30.2 Å². The van der Waals surface area contributed by atoms with E-state index < -0.39 is 11.2 Å². The number of amides is 1. The van der Waals surface area contributed by atoms with Gasteiger partial charge in [-0.25, -0.2) is 4.79 Å². The summed E-state index contributed by atoms with van der Waals surface area (Å²) in [5, 5.41) is 13.3. The van der Waals surface area contributed by atoms with Crippen LogP contribution < -0.4 is 5.32 Å². The summed E-state index contributed by atoms with van der Waals surface area (Å²) in [7, 11) is 1.33. The third kappa shape index (κ3) is 3.79. The van der Waals surface area contributed by atoms with Gasteiger partial charge in [0.2, 0.25) is 5.91 Å². The molecule has 9 heteroatoms. The predicted octanol–water partition coefficient (Wildman–Crippen LogP) is 4.78. The van der Waals surface area contributed by atoms with Crippen LogP contribution in [-0.4, -0.2) is 38.8 Å². The van der Waals surface area contributed by atoms with Gasteiger partial charge in [-0.1, -0.05) is 30.0 Å². The first kappa shape index (κ1) is 21.3. The lowest BCUT2D eigenvalue weighted by atomic mass is 10.1. The van der Waals surface area contributed by atoms with Gasteiger partial charge in [0.15, 0.2) is 10.8 Å². The minimum Gasteiger partial charge on any atom is -0.465 e. The van der Waals surface area contributed by atoms with E-state index in [4.69, 9.17) is 4.74 Å². The first-order valence-corrected chi connectivity index (χ1v) is 11.4. The van der Waals surface area contributed by atoms with Gasteiger partial charge in [-0.05, 0) is 51.0 Å². The summed E-state index contributed by atoms with van der Waals surface area (Å²) >= 11 is 2.69. The number of thiophene rings is 1. The van der Waals surface area contributed by atoms with Crippen LogP contribution in [0.2, 0.25) is 0 Å². The van der Waals surface area contributed by atoms with Gasteiger partial charge in [0.05, 0.1) is 23.4 Å². The zero-order valence-corrected chi connectivity index (χ0v) is 19.5. The highest BCUT2D eigenvalue weighted by Crippen LogP contribution is 2.34. The van der Waals surface area contributed by atoms with E-state index in [9.17, 15) is 9.59 Å². The molecule has 0 radical (unpaired) electrons. The standard InChI is InChI=1S/C22H22N4O3S2/c1-11-10-17-24-25-22(26(17)16-9-7-6-8-15(11)16)31-14(4)19(27)23-20-18(21(28)29-5)12(2)13(3)30-20/h6-10,14H,1-5H3,(H,23,27). The molecule has 3 heterocycles. The first-order chi connectivity index (χ1) is 14.8. The number of nitrogens with zero attached hydrogens (tertiary/aromatic N) is 3. The molecule has 31 heavy (non-hydrogen) atoms. The molecular formula is C22H22N4O3S2. The normalized spacial score (nSPS) is 12.3. The molecule has 1 N–H and O–H groups in total. The molecule has 0 bridgehead atoms. The molecule has 0 fully saturated rings. The number of carbonyl (C=O) groups is 2. The number of ether oxygens (including phenoxy) is 1. The lowest BCUT2D eigenvalue weighted by Crippen LogP contribution is -2.23. The van der Waals surface area contributed by atoms with E-state index in [0.29, 0.717) is 15.7 Å². The SMILES string of the molecule is COC(=O)c1c(NC(=O)C(C)Sc2nnc3cc(C)c4ccccc4n23)sc(C)c1C. The largest absolute Gasteiger partial charge is 0.465 e. The highest BCUT2D eigenvalue weighted by Gasteiger charge is 2.25. The van der Waals surface area contributed by atoms with Crippen LogP contribution in [0.4, 0.5) is 5.00 Å². The Bertz CT molecular complexity index is 1330. The number of rotatable bonds is 5. The molecule has 0 saturated carbocycles. The number of hydrogen-bond acceptors (Lipinski definition) is 7. The number of benzene rings is 1. The van der Waals surface area contributed by atoms with Gasteiger partial charge in [0.25, 0.3) is 0 Å². The monoisotopic (exact) mass is 454 g/mol. The zero-order valence-electron chi connectivity index (χ0n) is 17.8. The Morgan fingerprint density at radius 1 is 1.19 bits per heavy atom. The number of pyridine rings is 1. The minimum atomic E-state index is -0.458. The van der Waals surface area contributed by atoms with Crippen LogP contribution in [0.15, 0.2) is 35.5 Å². The van der Waals surface area contributed by atoms with Crippen molar-refractivity contribution < 1.29 is 14.3 Å². The molecule has 4 aromatic rings. The number of hydrogen-bond donors (Lipinski definition) is 1. The second-order valence-electron chi connectivity index (χ2n) is 7.25. The number of aromatic nitrogens is 3. The van der Waals surface area contributed by atoms with E-state index in [1.807, 2.05) is 56.4 Å². The van der Waals surface area contributed by atoms with Gasteiger partial charge in [-0.2, -0.15) is 0 Å². The summed E-state index contributed by atoms with van der Waals surface area (Å²) in [5.41, 5.74) is 4.08. The number of carbonyl (C=O) groups excluding carboxylic acids is 2. The lowest BCUT2D eigenvalue weighted by molar-refractivity contribution is -0.115. The van der Waals surface area contributed by atoms with Crippen molar-refractivity contribution in [1.29, 1.82) is 0 Å². The maximum atomic E-state index is 12.9. The predicted molar refractivity (Wildman–Crippen MR) is 124 cm³/mol. The molecule has 1 atom stereocenters. The molecular weight excluding hydrogens is 432 g/mol. The molecule has 0 aliphatic heterocycles. The van der Waals surface area contributed by atoms with Gasteiger partial charge in [-0.3, -0.25) is 9.20 Å². The van der Waals surface area contributed by atoms with Crippen molar-refractivity contribution in [2.75, 3.05) is 12.4 Å². The smallest absolute Gasteiger partial charge is 0.341 e. The van der Waals surface area contributed by atoms with E-state index in [-0.39, 0.29) is 5.91 Å². The second-order valence-corrected chi connectivity index (χ2v) is 9.78. The Morgan fingerprint density at radius 3 is 2.68 bits per heavy atom. The van der Waals surface area contributed by atoms with Crippen LogP contribution in [0.1, 0.15) is 33.3 Å². The van der Waals surface area contributed by atoms with E-state index in [1.54, 1.807) is 0 Å². The summed E-state index contributed by atoms with van der Waals surface area (Å²) in [6, 6.07) is 10.0. The van der Waals surface area contributed by atoms with Crippen molar-refractivity contribution >= 4 is 56.5 Å². The summed E-state index contributed by atoms with van der Waals surface area (Å²) < 4.78 is 6.86. The Kier molecular flexibility index (Phi) is 5.72. The van der Waals surface area contributed by atoms with Crippen molar-refractivity contribution in [3.8, 4) is 0 Å². The summed E-state index contributed by atoms with van der Waals surface area (Å²) in [4.78, 5) is 26.1. The Balaban J connectivity index is 1.62. The number of methoxy groups -OCH3 is 1. The lowest BCUT2D eigenvalue weighted by Gasteiger charge is -2.12. The molecule has 1 unspecified atom stereocenters. The van der Waals surface area contributed by atoms with Gasteiger partial charge < -0.3 is 10.1 Å². The molecule has 7 nitrogen and oxygen atoms in total. The number of nitrogens with one attached hydrogen (secondary N) is 1. The van der Waals surface area contributed by atoms with E-state index in [2.05, 4.69) is 21.6 Å².